The molecule has 0 fully saturated rings. The Bertz CT molecular complexity index is 684. The number of ether oxygens (including phenoxy) is 3. The molecule has 0 bridgehead atoms. The maximum absolute atomic E-state index is 12.8. The molecule has 0 aromatic heterocycles. The molecule has 0 saturated heterocycles. The van der Waals surface area contributed by atoms with Crippen LogP contribution in [-0.2, 0) is 25.3 Å². The number of benzene rings is 1. The van der Waals surface area contributed by atoms with E-state index in [4.69, 9.17) is 18.6 Å². The Morgan fingerprint density at radius 1 is 1.06 bits per heavy atom. The summed E-state index contributed by atoms with van der Waals surface area (Å²) in [5, 5.41) is 0. The van der Waals surface area contributed by atoms with Crippen LogP contribution < -0.4 is 4.74 Å². The molecule has 0 amide bonds. The fourth-order valence-corrected chi connectivity index (χ4v) is 6.66. The lowest BCUT2D eigenvalue weighted by atomic mass is 9.83. The van der Waals surface area contributed by atoms with Gasteiger partial charge in [-0.15, -0.1) is 0 Å². The Morgan fingerprint density at radius 3 is 2.13 bits per heavy atom. The summed E-state index contributed by atoms with van der Waals surface area (Å²) in [4.78, 5) is 12.8. The summed E-state index contributed by atoms with van der Waals surface area (Å²) in [7, 11) is -0.277. The molecule has 0 spiro atoms. The average Bonchev–Trinajstić information content (AvgIpc) is 2.78. The molecule has 1 aromatic rings. The van der Waals surface area contributed by atoms with Crippen molar-refractivity contribution in [2.45, 2.75) is 79.3 Å². The zero-order chi connectivity index (χ0) is 23.5. The summed E-state index contributed by atoms with van der Waals surface area (Å²) < 4.78 is 23.3. The van der Waals surface area contributed by atoms with E-state index < -0.39 is 13.7 Å². The van der Waals surface area contributed by atoms with Gasteiger partial charge in [-0.1, -0.05) is 39.0 Å². The lowest BCUT2D eigenvalue weighted by Crippen LogP contribution is -2.49. The van der Waals surface area contributed by atoms with Crippen LogP contribution in [0.1, 0.15) is 54.0 Å². The van der Waals surface area contributed by atoms with Gasteiger partial charge in [0, 0.05) is 0 Å². The van der Waals surface area contributed by atoms with Crippen molar-refractivity contribution in [3.63, 3.8) is 0 Å². The van der Waals surface area contributed by atoms with E-state index in [0.717, 1.165) is 35.0 Å². The van der Waals surface area contributed by atoms with Crippen molar-refractivity contribution in [1.82, 2.24) is 0 Å². The molecular formula is C25H42O5Si. The van der Waals surface area contributed by atoms with Crippen LogP contribution in [0.5, 0.6) is 5.75 Å². The average molecular weight is 451 g/mol. The van der Waals surface area contributed by atoms with E-state index in [-0.39, 0.29) is 12.1 Å². The second-order valence-electron chi connectivity index (χ2n) is 8.50. The molecule has 0 aliphatic carbocycles. The number of rotatable bonds is 14. The summed E-state index contributed by atoms with van der Waals surface area (Å²) in [6.45, 7) is 15.6. The van der Waals surface area contributed by atoms with E-state index in [1.165, 1.54) is 0 Å². The highest BCUT2D eigenvalue weighted by Crippen LogP contribution is 2.36. The van der Waals surface area contributed by atoms with Crippen molar-refractivity contribution < 1.29 is 23.4 Å². The summed E-state index contributed by atoms with van der Waals surface area (Å²) >= 11 is 0. The van der Waals surface area contributed by atoms with E-state index >= 15 is 0 Å². The van der Waals surface area contributed by atoms with Gasteiger partial charge in [0.25, 0.3) is 0 Å². The van der Waals surface area contributed by atoms with Crippen molar-refractivity contribution in [1.29, 1.82) is 0 Å². The third-order valence-corrected chi connectivity index (χ3v) is 10.7. The van der Waals surface area contributed by atoms with E-state index in [1.807, 2.05) is 58.0 Å². The Morgan fingerprint density at radius 2 is 1.65 bits per heavy atom. The zero-order valence-electron chi connectivity index (χ0n) is 20.7. The molecule has 1 aromatic carbocycles. The third kappa shape index (κ3) is 7.77. The molecule has 1 unspecified atom stereocenters. The van der Waals surface area contributed by atoms with Gasteiger partial charge in [0.2, 0.25) is 0 Å². The number of esters is 1. The third-order valence-electron chi connectivity index (χ3n) is 6.12. The first kappa shape index (κ1) is 27.4. The zero-order valence-corrected chi connectivity index (χ0v) is 21.7. The van der Waals surface area contributed by atoms with Crippen LogP contribution in [0.25, 0.3) is 0 Å². The molecule has 0 heterocycles. The van der Waals surface area contributed by atoms with Crippen molar-refractivity contribution >= 4 is 14.3 Å². The molecular weight excluding hydrogens is 408 g/mol. The van der Waals surface area contributed by atoms with E-state index in [2.05, 4.69) is 20.8 Å². The number of methoxy groups -OCH3 is 1. The minimum Gasteiger partial charge on any atom is -0.497 e. The Labute approximate surface area is 190 Å². The van der Waals surface area contributed by atoms with Gasteiger partial charge in [0.1, 0.15) is 5.75 Å². The second-order valence-corrected chi connectivity index (χ2v) is 13.2. The highest BCUT2D eigenvalue weighted by Gasteiger charge is 2.44. The summed E-state index contributed by atoms with van der Waals surface area (Å²) in [5.74, 6) is 0.606. The first-order valence-corrected chi connectivity index (χ1v) is 13.9. The molecule has 6 heteroatoms. The standard InChI is InChI=1S/C25H42O5Si/c1-9-29-24(26)25(6,7)23(30-31(10-2,11-3)12-4)20(5)17-18-28-19-21-13-15-22(27-8)16-14-21/h13-17,23H,9-12,18-19H2,1-8H3/b20-17-. The predicted molar refractivity (Wildman–Crippen MR) is 129 cm³/mol. The topological polar surface area (TPSA) is 54.0 Å². The van der Waals surface area contributed by atoms with Crippen LogP contribution in [0.4, 0.5) is 0 Å². The van der Waals surface area contributed by atoms with Gasteiger partial charge in [-0.2, -0.15) is 0 Å². The van der Waals surface area contributed by atoms with E-state index in [1.54, 1.807) is 7.11 Å². The van der Waals surface area contributed by atoms with Gasteiger partial charge < -0.3 is 18.6 Å². The minimum atomic E-state index is -1.93. The molecule has 0 saturated carbocycles. The smallest absolute Gasteiger partial charge is 0.314 e. The first-order valence-electron chi connectivity index (χ1n) is 11.4. The first-order chi connectivity index (χ1) is 14.7. The highest BCUT2D eigenvalue weighted by molar-refractivity contribution is 6.73. The Hall–Kier alpha value is -1.63. The molecule has 176 valence electrons. The van der Waals surface area contributed by atoms with Crippen molar-refractivity contribution in [2.75, 3.05) is 20.3 Å². The van der Waals surface area contributed by atoms with Gasteiger partial charge in [0.15, 0.2) is 8.32 Å². The molecule has 0 aliphatic rings. The van der Waals surface area contributed by atoms with Gasteiger partial charge in [-0.25, -0.2) is 0 Å². The number of carbonyl (C=O) groups excluding carboxylic acids is 1. The minimum absolute atomic E-state index is 0.224. The maximum atomic E-state index is 12.8. The van der Waals surface area contributed by atoms with Crippen molar-refractivity contribution in [3.05, 3.63) is 41.5 Å². The van der Waals surface area contributed by atoms with Crippen LogP contribution >= 0.6 is 0 Å². The normalized spacial score (nSPS) is 13.7. The van der Waals surface area contributed by atoms with Crippen LogP contribution in [0.2, 0.25) is 18.1 Å². The van der Waals surface area contributed by atoms with Crippen molar-refractivity contribution in [2.24, 2.45) is 5.41 Å². The lowest BCUT2D eigenvalue weighted by Gasteiger charge is -2.40. The fraction of sp³-hybridized carbons (Fsp3) is 0.640. The quantitative estimate of drug-likeness (QED) is 0.147. The van der Waals surface area contributed by atoms with Gasteiger partial charge in [0.05, 0.1) is 38.4 Å². The summed E-state index contributed by atoms with van der Waals surface area (Å²) in [6.07, 6.45) is 1.71. The van der Waals surface area contributed by atoms with E-state index in [0.29, 0.717) is 19.8 Å². The van der Waals surface area contributed by atoms with E-state index in [9.17, 15) is 4.79 Å². The molecule has 1 rings (SSSR count). The molecule has 0 radical (unpaired) electrons. The van der Waals surface area contributed by atoms with Crippen LogP contribution in [0.15, 0.2) is 35.9 Å². The van der Waals surface area contributed by atoms with Crippen LogP contribution in [0.3, 0.4) is 0 Å². The molecule has 31 heavy (non-hydrogen) atoms. The fourth-order valence-electron chi connectivity index (χ4n) is 3.68. The number of hydrogen-bond acceptors (Lipinski definition) is 5. The molecule has 0 aliphatic heterocycles. The largest absolute Gasteiger partial charge is 0.497 e. The monoisotopic (exact) mass is 450 g/mol. The maximum Gasteiger partial charge on any atom is 0.314 e. The number of carbonyl (C=O) groups is 1. The van der Waals surface area contributed by atoms with Crippen molar-refractivity contribution in [3.8, 4) is 5.75 Å². The second kappa shape index (κ2) is 13.0. The lowest BCUT2D eigenvalue weighted by molar-refractivity contribution is -0.157. The van der Waals surface area contributed by atoms with Gasteiger partial charge >= 0.3 is 5.97 Å². The van der Waals surface area contributed by atoms with Gasteiger partial charge in [-0.3, -0.25) is 4.79 Å². The van der Waals surface area contributed by atoms with Crippen LogP contribution in [0, 0.1) is 5.41 Å². The summed E-state index contributed by atoms with van der Waals surface area (Å²) in [5.41, 5.74) is 1.32. The van der Waals surface area contributed by atoms with Crippen LogP contribution in [-0.4, -0.2) is 40.7 Å². The molecule has 5 nitrogen and oxygen atoms in total. The van der Waals surface area contributed by atoms with Gasteiger partial charge in [-0.05, 0) is 69.1 Å². The molecule has 1 atom stereocenters. The number of hydrogen-bond donors (Lipinski definition) is 0. The Balaban J connectivity index is 2.97. The summed E-state index contributed by atoms with van der Waals surface area (Å²) in [6, 6.07) is 10.9. The predicted octanol–water partition coefficient (Wildman–Crippen LogP) is 6.14. The Kier molecular flexibility index (Phi) is 11.5. The SMILES string of the molecule is CCOC(=O)C(C)(C)C(O[Si](CC)(CC)CC)/C(C)=C\COCc1ccc(OC)cc1. The molecule has 0 N–H and O–H groups in total. The highest BCUT2D eigenvalue weighted by atomic mass is 28.4.